The molecule has 130 valence electrons. The lowest BCUT2D eigenvalue weighted by Gasteiger charge is -2.24. The zero-order chi connectivity index (χ0) is 18.0. The summed E-state index contributed by atoms with van der Waals surface area (Å²) >= 11 is 13.5. The molecule has 0 saturated heterocycles. The number of nitrogens with one attached hydrogen (secondary N) is 2. The Hall–Kier alpha value is -1.69. The number of carbonyl (C=O) groups excluding carboxylic acids is 2. The van der Waals surface area contributed by atoms with Crippen LogP contribution in [0.3, 0.4) is 0 Å². The van der Waals surface area contributed by atoms with Crippen molar-refractivity contribution < 1.29 is 9.59 Å². The largest absolute Gasteiger partial charge is 0.349 e. The van der Waals surface area contributed by atoms with Crippen molar-refractivity contribution in [2.75, 3.05) is 5.32 Å². The van der Waals surface area contributed by atoms with Crippen LogP contribution in [0, 0.1) is 0 Å². The van der Waals surface area contributed by atoms with Gasteiger partial charge in [0.1, 0.15) is 0 Å². The number of benzene rings is 2. The number of fused-ring (bicyclic) bond motifs is 1. The van der Waals surface area contributed by atoms with E-state index in [1.807, 2.05) is 31.2 Å². The van der Waals surface area contributed by atoms with E-state index in [1.54, 1.807) is 18.2 Å². The number of carbonyl (C=O) groups is 2. The van der Waals surface area contributed by atoms with Crippen molar-refractivity contribution in [2.24, 2.45) is 0 Å². The van der Waals surface area contributed by atoms with Gasteiger partial charge in [-0.1, -0.05) is 41.4 Å². The number of amides is 2. The van der Waals surface area contributed by atoms with Gasteiger partial charge in [-0.15, -0.1) is 11.8 Å². The molecule has 4 nitrogen and oxygen atoms in total. The highest BCUT2D eigenvalue weighted by Gasteiger charge is 2.29. The molecule has 2 aromatic rings. The molecule has 2 amide bonds. The molecule has 0 fully saturated rings. The van der Waals surface area contributed by atoms with Crippen molar-refractivity contribution in [3.05, 3.63) is 58.1 Å². The van der Waals surface area contributed by atoms with Gasteiger partial charge in [-0.05, 0) is 36.8 Å². The van der Waals surface area contributed by atoms with Gasteiger partial charge in [-0.25, -0.2) is 0 Å². The quantitative estimate of drug-likeness (QED) is 0.791. The van der Waals surface area contributed by atoms with E-state index in [4.69, 9.17) is 23.2 Å². The summed E-state index contributed by atoms with van der Waals surface area (Å²) in [6, 6.07) is 12.5. The lowest BCUT2D eigenvalue weighted by molar-refractivity contribution is -0.124. The van der Waals surface area contributed by atoms with Crippen LogP contribution in [0.5, 0.6) is 0 Å². The van der Waals surface area contributed by atoms with Crippen molar-refractivity contribution in [2.45, 2.75) is 29.5 Å². The molecule has 0 saturated carbocycles. The van der Waals surface area contributed by atoms with Crippen LogP contribution in [0.1, 0.15) is 24.9 Å². The zero-order valence-corrected chi connectivity index (χ0v) is 15.7. The molecule has 25 heavy (non-hydrogen) atoms. The first-order valence-electron chi connectivity index (χ1n) is 7.75. The minimum atomic E-state index is -0.480. The first-order valence-corrected chi connectivity index (χ1v) is 9.38. The maximum absolute atomic E-state index is 12.3. The average Bonchev–Trinajstić information content (AvgIpc) is 2.56. The summed E-state index contributed by atoms with van der Waals surface area (Å²) in [4.78, 5) is 25.5. The van der Waals surface area contributed by atoms with Crippen molar-refractivity contribution in [3.8, 4) is 0 Å². The van der Waals surface area contributed by atoms with Gasteiger partial charge in [0.25, 0.3) is 0 Å². The topological polar surface area (TPSA) is 58.2 Å². The summed E-state index contributed by atoms with van der Waals surface area (Å²) in [5.41, 5.74) is 1.53. The van der Waals surface area contributed by atoms with E-state index in [0.29, 0.717) is 15.7 Å². The highest BCUT2D eigenvalue weighted by molar-refractivity contribution is 8.01. The van der Waals surface area contributed by atoms with Gasteiger partial charge in [0.15, 0.2) is 0 Å². The fourth-order valence-electron chi connectivity index (χ4n) is 2.63. The summed E-state index contributed by atoms with van der Waals surface area (Å²) in [7, 11) is 0. The number of anilines is 1. The van der Waals surface area contributed by atoms with E-state index in [-0.39, 0.29) is 24.3 Å². The van der Waals surface area contributed by atoms with Crippen LogP contribution >= 0.6 is 35.0 Å². The van der Waals surface area contributed by atoms with Crippen LogP contribution in [0.25, 0.3) is 0 Å². The predicted molar refractivity (Wildman–Crippen MR) is 102 cm³/mol. The van der Waals surface area contributed by atoms with Crippen LogP contribution in [0.15, 0.2) is 47.4 Å². The highest BCUT2D eigenvalue weighted by atomic mass is 35.5. The standard InChI is InChI=1S/C18H16Cl2N2O2S/c1-10(12-4-2-3-5-13(12)20)21-17(23)9-16-18(24)22-14-8-11(19)6-7-15(14)25-16/h2-8,10,16H,9H2,1H3,(H,21,23)(H,22,24). The Morgan fingerprint density at radius 3 is 2.80 bits per heavy atom. The third-order valence-electron chi connectivity index (χ3n) is 3.88. The van der Waals surface area contributed by atoms with Gasteiger partial charge in [0, 0.05) is 21.4 Å². The first kappa shape index (κ1) is 18.1. The second-order valence-corrected chi connectivity index (χ2v) is 7.84. The minimum Gasteiger partial charge on any atom is -0.349 e. The zero-order valence-electron chi connectivity index (χ0n) is 13.4. The monoisotopic (exact) mass is 394 g/mol. The fraction of sp³-hybridized carbons (Fsp3) is 0.222. The molecule has 2 atom stereocenters. The van der Waals surface area contributed by atoms with E-state index >= 15 is 0 Å². The molecule has 0 bridgehead atoms. The molecule has 2 aromatic carbocycles. The number of hydrogen-bond donors (Lipinski definition) is 2. The van der Waals surface area contributed by atoms with E-state index in [1.165, 1.54) is 11.8 Å². The van der Waals surface area contributed by atoms with Crippen LogP contribution in [-0.4, -0.2) is 17.1 Å². The van der Waals surface area contributed by atoms with Crippen molar-refractivity contribution in [1.82, 2.24) is 5.32 Å². The molecule has 0 aromatic heterocycles. The molecule has 0 spiro atoms. The summed E-state index contributed by atoms with van der Waals surface area (Å²) in [6.07, 6.45) is 0.0906. The average molecular weight is 395 g/mol. The van der Waals surface area contributed by atoms with Gasteiger partial charge < -0.3 is 10.6 Å². The Labute approximate surface area is 160 Å². The summed E-state index contributed by atoms with van der Waals surface area (Å²) in [5, 5.41) is 6.39. The number of halogens is 2. The molecule has 2 unspecified atom stereocenters. The Kier molecular flexibility index (Phi) is 5.57. The molecular weight excluding hydrogens is 379 g/mol. The maximum atomic E-state index is 12.3. The second-order valence-electron chi connectivity index (χ2n) is 5.75. The van der Waals surface area contributed by atoms with Gasteiger partial charge in [-0.3, -0.25) is 9.59 Å². The van der Waals surface area contributed by atoms with Crippen molar-refractivity contribution >= 4 is 52.5 Å². The van der Waals surface area contributed by atoms with E-state index in [9.17, 15) is 9.59 Å². The molecule has 1 heterocycles. The third-order valence-corrected chi connectivity index (χ3v) is 5.74. The van der Waals surface area contributed by atoms with E-state index in [2.05, 4.69) is 10.6 Å². The lowest BCUT2D eigenvalue weighted by atomic mass is 10.1. The molecule has 2 N–H and O–H groups in total. The summed E-state index contributed by atoms with van der Waals surface area (Å²) in [6.45, 7) is 1.87. The number of rotatable bonds is 4. The fourth-order valence-corrected chi connectivity index (χ4v) is 4.19. The van der Waals surface area contributed by atoms with Gasteiger partial charge >= 0.3 is 0 Å². The summed E-state index contributed by atoms with van der Waals surface area (Å²) < 4.78 is 0. The molecule has 7 heteroatoms. The Morgan fingerprint density at radius 2 is 2.04 bits per heavy atom. The van der Waals surface area contributed by atoms with Gasteiger partial charge in [-0.2, -0.15) is 0 Å². The molecular formula is C18H16Cl2N2O2S. The number of hydrogen-bond acceptors (Lipinski definition) is 3. The minimum absolute atomic E-state index is 0.0906. The van der Waals surface area contributed by atoms with Crippen molar-refractivity contribution in [1.29, 1.82) is 0 Å². The van der Waals surface area contributed by atoms with Crippen LogP contribution < -0.4 is 10.6 Å². The third kappa shape index (κ3) is 4.29. The van der Waals surface area contributed by atoms with Gasteiger partial charge in [0.2, 0.25) is 11.8 Å². The Morgan fingerprint density at radius 1 is 1.28 bits per heavy atom. The van der Waals surface area contributed by atoms with Crippen LogP contribution in [0.4, 0.5) is 5.69 Å². The summed E-state index contributed by atoms with van der Waals surface area (Å²) in [5.74, 6) is -0.391. The van der Waals surface area contributed by atoms with Crippen LogP contribution in [-0.2, 0) is 9.59 Å². The first-order chi connectivity index (χ1) is 11.9. The second kappa shape index (κ2) is 7.68. The molecule has 1 aliphatic heterocycles. The molecule has 3 rings (SSSR count). The van der Waals surface area contributed by atoms with E-state index < -0.39 is 5.25 Å². The van der Waals surface area contributed by atoms with E-state index in [0.717, 1.165) is 10.5 Å². The highest BCUT2D eigenvalue weighted by Crippen LogP contribution is 2.38. The molecule has 0 radical (unpaired) electrons. The molecule has 1 aliphatic rings. The van der Waals surface area contributed by atoms with Crippen LogP contribution in [0.2, 0.25) is 10.0 Å². The Bertz CT molecular complexity index is 828. The number of thioether (sulfide) groups is 1. The molecule has 0 aliphatic carbocycles. The Balaban J connectivity index is 1.64. The lowest BCUT2D eigenvalue weighted by Crippen LogP contribution is -2.35. The predicted octanol–water partition coefficient (Wildman–Crippen LogP) is 4.67. The smallest absolute Gasteiger partial charge is 0.238 e. The van der Waals surface area contributed by atoms with Gasteiger partial charge in [0.05, 0.1) is 17.0 Å². The SMILES string of the molecule is CC(NC(=O)CC1Sc2ccc(Cl)cc2NC1=O)c1ccccc1Cl. The maximum Gasteiger partial charge on any atom is 0.238 e. The normalized spacial score (nSPS) is 17.4. The van der Waals surface area contributed by atoms with Crippen molar-refractivity contribution in [3.63, 3.8) is 0 Å².